The van der Waals surface area contributed by atoms with Gasteiger partial charge in [0.15, 0.2) is 0 Å². The van der Waals surface area contributed by atoms with Crippen molar-refractivity contribution >= 4 is 5.82 Å². The van der Waals surface area contributed by atoms with Gasteiger partial charge in [0.25, 0.3) is 0 Å². The molecule has 0 fully saturated rings. The van der Waals surface area contributed by atoms with Crippen LogP contribution in [0.1, 0.15) is 25.8 Å². The summed E-state index contributed by atoms with van der Waals surface area (Å²) < 4.78 is 0. The van der Waals surface area contributed by atoms with Crippen molar-refractivity contribution in [3.8, 4) is 0 Å². The van der Waals surface area contributed by atoms with Gasteiger partial charge in [-0.1, -0.05) is 20.3 Å². The normalized spacial score (nSPS) is 14.9. The lowest BCUT2D eigenvalue weighted by molar-refractivity contribution is 0.386. The summed E-state index contributed by atoms with van der Waals surface area (Å²) in [4.78, 5) is 4.00. The van der Waals surface area contributed by atoms with Gasteiger partial charge in [0.1, 0.15) is 5.82 Å². The molecule has 0 saturated carbocycles. The number of nitrogens with zero attached hydrogens (tertiary/aromatic N) is 1. The van der Waals surface area contributed by atoms with E-state index in [-0.39, 0.29) is 0 Å². The third kappa shape index (κ3) is 3.51. The molecule has 1 heterocycles. The molecule has 0 aliphatic heterocycles. The Labute approximate surface area is 92.1 Å². The first-order valence-electron chi connectivity index (χ1n) is 5.55. The first-order chi connectivity index (χ1) is 7.17. The number of rotatable bonds is 5. The molecule has 0 spiro atoms. The van der Waals surface area contributed by atoms with E-state index >= 15 is 0 Å². The van der Waals surface area contributed by atoms with E-state index in [1.807, 2.05) is 19.2 Å². The predicted octanol–water partition coefficient (Wildman–Crippen LogP) is 1.84. The molecule has 1 aromatic heterocycles. The first kappa shape index (κ1) is 12.0. The van der Waals surface area contributed by atoms with Crippen LogP contribution in [0.5, 0.6) is 0 Å². The highest BCUT2D eigenvalue weighted by Gasteiger charge is 2.13. The maximum Gasteiger partial charge on any atom is 0.123 e. The van der Waals surface area contributed by atoms with Gasteiger partial charge in [-0.2, -0.15) is 0 Å². The van der Waals surface area contributed by atoms with E-state index in [2.05, 4.69) is 24.1 Å². The maximum absolute atomic E-state index is 5.65. The summed E-state index contributed by atoms with van der Waals surface area (Å²) in [5, 5.41) is 3.36. The highest BCUT2D eigenvalue weighted by molar-refractivity contribution is 5.32. The number of nitrogen functional groups attached to an aromatic ring is 1. The number of nitrogens with two attached hydrogens (primary N) is 1. The van der Waals surface area contributed by atoms with Crippen molar-refractivity contribution in [2.75, 3.05) is 12.8 Å². The highest BCUT2D eigenvalue weighted by Crippen LogP contribution is 2.14. The van der Waals surface area contributed by atoms with Gasteiger partial charge in [-0.15, -0.1) is 0 Å². The zero-order valence-electron chi connectivity index (χ0n) is 9.83. The van der Waals surface area contributed by atoms with Gasteiger partial charge in [0.2, 0.25) is 0 Å². The van der Waals surface area contributed by atoms with E-state index in [0.717, 1.165) is 6.42 Å². The first-order valence-corrected chi connectivity index (χ1v) is 5.55. The van der Waals surface area contributed by atoms with Crippen molar-refractivity contribution in [3.05, 3.63) is 23.9 Å². The summed E-state index contributed by atoms with van der Waals surface area (Å²) in [6.45, 7) is 4.49. The van der Waals surface area contributed by atoms with Crippen molar-refractivity contribution in [1.29, 1.82) is 0 Å². The third-order valence-corrected chi connectivity index (χ3v) is 3.00. The molecule has 2 atom stereocenters. The highest BCUT2D eigenvalue weighted by atomic mass is 14.9. The largest absolute Gasteiger partial charge is 0.384 e. The summed E-state index contributed by atoms with van der Waals surface area (Å²) in [5.74, 6) is 1.27. The van der Waals surface area contributed by atoms with Gasteiger partial charge in [0.05, 0.1) is 0 Å². The molecule has 3 nitrogen and oxygen atoms in total. The van der Waals surface area contributed by atoms with Crippen molar-refractivity contribution in [2.45, 2.75) is 32.7 Å². The van der Waals surface area contributed by atoms with E-state index in [9.17, 15) is 0 Å². The molecule has 0 aliphatic rings. The molecule has 15 heavy (non-hydrogen) atoms. The Hall–Kier alpha value is -1.09. The molecule has 0 radical (unpaired) electrons. The Morgan fingerprint density at radius 2 is 2.27 bits per heavy atom. The molecule has 0 saturated heterocycles. The summed E-state index contributed by atoms with van der Waals surface area (Å²) >= 11 is 0. The second kappa shape index (κ2) is 5.71. The summed E-state index contributed by atoms with van der Waals surface area (Å²) in [5.41, 5.74) is 6.90. The predicted molar refractivity (Wildman–Crippen MR) is 64.7 cm³/mol. The van der Waals surface area contributed by atoms with Gasteiger partial charge in [-0.3, -0.25) is 0 Å². The smallest absolute Gasteiger partial charge is 0.123 e. The van der Waals surface area contributed by atoms with Crippen LogP contribution in [0.4, 0.5) is 5.82 Å². The van der Waals surface area contributed by atoms with Crippen LogP contribution in [0, 0.1) is 5.92 Å². The van der Waals surface area contributed by atoms with E-state index in [0.29, 0.717) is 17.8 Å². The zero-order valence-corrected chi connectivity index (χ0v) is 9.83. The Kier molecular flexibility index (Phi) is 4.56. The topological polar surface area (TPSA) is 50.9 Å². The van der Waals surface area contributed by atoms with Gasteiger partial charge < -0.3 is 11.1 Å². The third-order valence-electron chi connectivity index (χ3n) is 3.00. The molecule has 0 aliphatic carbocycles. The number of hydrogen-bond donors (Lipinski definition) is 2. The average Bonchev–Trinajstić information content (AvgIpc) is 2.25. The van der Waals surface area contributed by atoms with E-state index in [1.165, 1.54) is 12.0 Å². The van der Waals surface area contributed by atoms with Crippen molar-refractivity contribution < 1.29 is 0 Å². The van der Waals surface area contributed by atoms with Crippen LogP contribution >= 0.6 is 0 Å². The molecule has 0 amide bonds. The number of nitrogens with one attached hydrogen (secondary N) is 1. The Bertz CT molecular complexity index is 299. The lowest BCUT2D eigenvalue weighted by Gasteiger charge is -2.22. The number of pyridine rings is 1. The maximum atomic E-state index is 5.65. The second-order valence-electron chi connectivity index (χ2n) is 4.07. The Morgan fingerprint density at radius 3 is 2.80 bits per heavy atom. The van der Waals surface area contributed by atoms with Crippen LogP contribution in [-0.2, 0) is 6.42 Å². The van der Waals surface area contributed by atoms with Gasteiger partial charge in [-0.05, 0) is 37.1 Å². The van der Waals surface area contributed by atoms with E-state index in [1.54, 1.807) is 6.20 Å². The lowest BCUT2D eigenvalue weighted by Crippen LogP contribution is -2.33. The number of likely N-dealkylation sites (N-methyl/N-ethyl adjacent to an activating group) is 1. The molecular weight excluding hydrogens is 186 g/mol. The minimum atomic E-state index is 0.511. The fourth-order valence-electron chi connectivity index (χ4n) is 1.75. The van der Waals surface area contributed by atoms with E-state index in [4.69, 9.17) is 5.73 Å². The SMILES string of the molecule is CCC(C)C(Cc1ccnc(N)c1)NC. The average molecular weight is 207 g/mol. The quantitative estimate of drug-likeness (QED) is 0.774. The monoisotopic (exact) mass is 207 g/mol. The lowest BCUT2D eigenvalue weighted by atomic mass is 9.93. The van der Waals surface area contributed by atoms with Gasteiger partial charge >= 0.3 is 0 Å². The molecular formula is C12H21N3. The second-order valence-corrected chi connectivity index (χ2v) is 4.07. The summed E-state index contributed by atoms with van der Waals surface area (Å²) in [6.07, 6.45) is 3.97. The fraction of sp³-hybridized carbons (Fsp3) is 0.583. The number of hydrogen-bond acceptors (Lipinski definition) is 3. The number of anilines is 1. The van der Waals surface area contributed by atoms with Crippen molar-refractivity contribution in [2.24, 2.45) is 5.92 Å². The molecule has 1 rings (SSSR count). The Morgan fingerprint density at radius 1 is 1.53 bits per heavy atom. The van der Waals surface area contributed by atoms with Crippen LogP contribution < -0.4 is 11.1 Å². The molecule has 3 N–H and O–H groups in total. The summed E-state index contributed by atoms with van der Waals surface area (Å²) in [6, 6.07) is 4.49. The summed E-state index contributed by atoms with van der Waals surface area (Å²) in [7, 11) is 2.02. The molecule has 84 valence electrons. The molecule has 2 unspecified atom stereocenters. The van der Waals surface area contributed by atoms with Gasteiger partial charge in [0, 0.05) is 12.2 Å². The van der Waals surface area contributed by atoms with Crippen molar-refractivity contribution in [3.63, 3.8) is 0 Å². The standard InChI is InChI=1S/C12H21N3/c1-4-9(2)11(14-3)7-10-5-6-15-12(13)8-10/h5-6,8-9,11,14H,4,7H2,1-3H3,(H2,13,15). The minimum Gasteiger partial charge on any atom is -0.384 e. The number of aromatic nitrogens is 1. The van der Waals surface area contributed by atoms with Crippen LogP contribution in [-0.4, -0.2) is 18.1 Å². The molecule has 0 bridgehead atoms. The van der Waals surface area contributed by atoms with Crippen LogP contribution in [0.2, 0.25) is 0 Å². The minimum absolute atomic E-state index is 0.511. The molecule has 3 heteroatoms. The van der Waals surface area contributed by atoms with E-state index < -0.39 is 0 Å². The zero-order chi connectivity index (χ0) is 11.3. The van der Waals surface area contributed by atoms with Crippen LogP contribution in [0.15, 0.2) is 18.3 Å². The van der Waals surface area contributed by atoms with Gasteiger partial charge in [-0.25, -0.2) is 4.98 Å². The van der Waals surface area contributed by atoms with Crippen molar-refractivity contribution in [1.82, 2.24) is 10.3 Å². The Balaban J connectivity index is 2.66. The fourth-order valence-corrected chi connectivity index (χ4v) is 1.75. The molecule has 1 aromatic rings. The van der Waals surface area contributed by atoms with Crippen LogP contribution in [0.25, 0.3) is 0 Å². The molecule has 0 aromatic carbocycles. The van der Waals surface area contributed by atoms with Crippen LogP contribution in [0.3, 0.4) is 0 Å².